The highest BCUT2D eigenvalue weighted by atomic mass is 16.6. The number of piperazine rings is 1. The van der Waals surface area contributed by atoms with E-state index in [0.717, 1.165) is 102 Å². The highest BCUT2D eigenvalue weighted by Crippen LogP contribution is 2.32. The molecule has 1 aliphatic carbocycles. The number of amides is 1. The fourth-order valence-electron chi connectivity index (χ4n) is 7.49. The molecule has 48 heavy (non-hydrogen) atoms. The first-order chi connectivity index (χ1) is 23.0. The molecule has 3 fully saturated rings. The van der Waals surface area contributed by atoms with Gasteiger partial charge in [-0.25, -0.2) is 14.8 Å². The molecule has 1 unspecified atom stereocenters. The Bertz CT molecular complexity index is 1690. The van der Waals surface area contributed by atoms with Crippen molar-refractivity contribution in [1.82, 2.24) is 29.3 Å². The van der Waals surface area contributed by atoms with Crippen molar-refractivity contribution in [3.05, 3.63) is 46.0 Å². The molecule has 12 nitrogen and oxygen atoms in total. The third-order valence-electron chi connectivity index (χ3n) is 10.0. The lowest BCUT2D eigenvalue weighted by Gasteiger charge is -2.39. The largest absolute Gasteiger partial charge is 0.444 e. The van der Waals surface area contributed by atoms with Gasteiger partial charge >= 0.3 is 6.09 Å². The maximum atomic E-state index is 13.5. The first-order valence-electron chi connectivity index (χ1n) is 17.6. The molecule has 12 heteroatoms. The lowest BCUT2D eigenvalue weighted by molar-refractivity contribution is 0.00763. The van der Waals surface area contributed by atoms with Gasteiger partial charge < -0.3 is 19.9 Å². The Hall–Kier alpha value is -4.06. The fourth-order valence-corrected chi connectivity index (χ4v) is 7.49. The van der Waals surface area contributed by atoms with Gasteiger partial charge in [-0.2, -0.15) is 4.98 Å². The van der Waals surface area contributed by atoms with Crippen LogP contribution < -0.4 is 15.8 Å². The number of fused-ring (bicyclic) bond motifs is 1. The lowest BCUT2D eigenvalue weighted by atomic mass is 9.99. The van der Waals surface area contributed by atoms with Crippen molar-refractivity contribution in [1.29, 1.82) is 0 Å². The van der Waals surface area contributed by atoms with E-state index in [4.69, 9.17) is 9.72 Å². The molecule has 3 aromatic heterocycles. The Morgan fingerprint density at radius 3 is 2.35 bits per heavy atom. The predicted molar refractivity (Wildman–Crippen MR) is 187 cm³/mol. The summed E-state index contributed by atoms with van der Waals surface area (Å²) in [6.45, 7) is 14.5. The Morgan fingerprint density at radius 1 is 0.958 bits per heavy atom. The van der Waals surface area contributed by atoms with Crippen molar-refractivity contribution in [3.8, 4) is 0 Å². The topological polar surface area (TPSA) is 126 Å². The SMILES string of the molecule is CC(=O)c1c(C)c2cnc(Nc3ccc(N4CCN(CCC5CCCCN5C(=O)OC(C)(C)C)CC4)cn3)nc2n(C2CCCC2)c1=O. The molecule has 0 radical (unpaired) electrons. The normalized spacial score (nSPS) is 19.6. The molecule has 3 aromatic rings. The molecule has 1 saturated carbocycles. The van der Waals surface area contributed by atoms with Gasteiger partial charge in [-0.1, -0.05) is 12.8 Å². The van der Waals surface area contributed by atoms with E-state index in [1.54, 1.807) is 17.7 Å². The molecule has 1 amide bonds. The summed E-state index contributed by atoms with van der Waals surface area (Å²) in [6.07, 6.45) is 11.5. The van der Waals surface area contributed by atoms with E-state index in [2.05, 4.69) is 31.2 Å². The summed E-state index contributed by atoms with van der Waals surface area (Å²) in [5, 5.41) is 3.94. The summed E-state index contributed by atoms with van der Waals surface area (Å²) < 4.78 is 7.41. The minimum absolute atomic E-state index is 0.0264. The molecular weight excluding hydrogens is 608 g/mol. The minimum atomic E-state index is -0.481. The number of ether oxygens (including phenoxy) is 1. The molecule has 6 rings (SSSR count). The average Bonchev–Trinajstić information content (AvgIpc) is 3.58. The van der Waals surface area contributed by atoms with Crippen molar-refractivity contribution in [2.45, 2.75) is 104 Å². The maximum Gasteiger partial charge on any atom is 0.410 e. The number of piperidine rings is 1. The second kappa shape index (κ2) is 14.2. The maximum absolute atomic E-state index is 13.5. The summed E-state index contributed by atoms with van der Waals surface area (Å²) >= 11 is 0. The highest BCUT2D eigenvalue weighted by molar-refractivity contribution is 5.99. The van der Waals surface area contributed by atoms with E-state index in [9.17, 15) is 14.4 Å². The van der Waals surface area contributed by atoms with Crippen LogP contribution in [0.1, 0.15) is 101 Å². The van der Waals surface area contributed by atoms with Crippen LogP contribution in [0.2, 0.25) is 0 Å². The molecule has 0 bridgehead atoms. The van der Waals surface area contributed by atoms with E-state index in [1.807, 2.05) is 37.9 Å². The van der Waals surface area contributed by atoms with Gasteiger partial charge in [0.1, 0.15) is 17.1 Å². The summed E-state index contributed by atoms with van der Waals surface area (Å²) in [4.78, 5) is 59.5. The highest BCUT2D eigenvalue weighted by Gasteiger charge is 2.31. The van der Waals surface area contributed by atoms with E-state index in [1.165, 1.54) is 6.92 Å². The van der Waals surface area contributed by atoms with Crippen molar-refractivity contribution >= 4 is 40.4 Å². The van der Waals surface area contributed by atoms with Gasteiger partial charge in [0.05, 0.1) is 17.4 Å². The first-order valence-corrected chi connectivity index (χ1v) is 17.6. The molecular formula is C36H50N8O4. The summed E-state index contributed by atoms with van der Waals surface area (Å²) in [5.74, 6) is 0.747. The number of Topliss-reactive ketones (excluding diaryl/α,β-unsaturated/α-hetero) is 1. The van der Waals surface area contributed by atoms with E-state index < -0.39 is 5.60 Å². The minimum Gasteiger partial charge on any atom is -0.444 e. The zero-order valence-corrected chi connectivity index (χ0v) is 29.1. The van der Waals surface area contributed by atoms with Crippen molar-refractivity contribution < 1.29 is 14.3 Å². The number of aryl methyl sites for hydroxylation is 1. The van der Waals surface area contributed by atoms with Gasteiger partial charge in [-0.3, -0.25) is 19.1 Å². The second-order valence-electron chi connectivity index (χ2n) is 14.6. The van der Waals surface area contributed by atoms with Crippen LogP contribution in [0.5, 0.6) is 0 Å². The van der Waals surface area contributed by atoms with E-state index >= 15 is 0 Å². The van der Waals surface area contributed by atoms with Crippen molar-refractivity contribution in [2.24, 2.45) is 0 Å². The Balaban J connectivity index is 1.07. The van der Waals surface area contributed by atoms with Crippen LogP contribution in [0, 0.1) is 6.92 Å². The quantitative estimate of drug-likeness (QED) is 0.294. The number of ketones is 1. The van der Waals surface area contributed by atoms with Crippen LogP contribution in [0.4, 0.5) is 22.2 Å². The summed E-state index contributed by atoms with van der Waals surface area (Å²) in [6, 6.07) is 4.25. The van der Waals surface area contributed by atoms with Crippen LogP contribution in [-0.4, -0.2) is 92.1 Å². The van der Waals surface area contributed by atoms with Gasteiger partial charge in [0, 0.05) is 62.9 Å². The molecule has 5 heterocycles. The molecule has 1 N–H and O–H groups in total. The molecule has 2 aliphatic heterocycles. The molecule has 0 spiro atoms. The standard InChI is InChI=1S/C36H50N8O4/c1-24-29-23-38-34(40-32(29)44(27-11-6-7-12-27)33(46)31(24)25(2)45)39-30-14-13-28(22-37-30)42-20-18-41(19-21-42)17-15-26-10-8-9-16-43(26)35(47)48-36(3,4)5/h13-14,22-23,26-27H,6-12,15-21H2,1-5H3,(H,37,38,39,40). The molecule has 1 atom stereocenters. The van der Waals surface area contributed by atoms with Crippen molar-refractivity contribution in [2.75, 3.05) is 49.5 Å². The van der Waals surface area contributed by atoms with Gasteiger partial charge in [-0.15, -0.1) is 0 Å². The number of nitrogens with zero attached hydrogens (tertiary/aromatic N) is 7. The van der Waals surface area contributed by atoms with Gasteiger partial charge in [-0.05, 0) is 90.8 Å². The number of likely N-dealkylation sites (tertiary alicyclic amines) is 1. The van der Waals surface area contributed by atoms with Crippen molar-refractivity contribution in [3.63, 3.8) is 0 Å². The van der Waals surface area contributed by atoms with Gasteiger partial charge in [0.2, 0.25) is 5.95 Å². The Morgan fingerprint density at radius 2 is 1.69 bits per heavy atom. The number of carbonyl (C=O) groups excluding carboxylic acids is 2. The number of pyridine rings is 2. The zero-order valence-electron chi connectivity index (χ0n) is 29.1. The number of carbonyl (C=O) groups is 2. The first kappa shape index (κ1) is 33.8. The second-order valence-corrected chi connectivity index (χ2v) is 14.6. The third-order valence-corrected chi connectivity index (χ3v) is 10.0. The number of hydrogen-bond donors (Lipinski definition) is 1. The zero-order chi connectivity index (χ0) is 34.0. The van der Waals surface area contributed by atoms with E-state index in [0.29, 0.717) is 23.0 Å². The number of hydrogen-bond acceptors (Lipinski definition) is 10. The van der Waals surface area contributed by atoms with Gasteiger partial charge in [0.15, 0.2) is 5.78 Å². The van der Waals surface area contributed by atoms with Crippen LogP contribution >= 0.6 is 0 Å². The predicted octanol–water partition coefficient (Wildman–Crippen LogP) is 5.86. The molecule has 0 aromatic carbocycles. The lowest BCUT2D eigenvalue weighted by Crippen LogP contribution is -2.50. The third kappa shape index (κ3) is 7.48. The van der Waals surface area contributed by atoms with Gasteiger partial charge in [0.25, 0.3) is 5.56 Å². The van der Waals surface area contributed by atoms with E-state index in [-0.39, 0.29) is 35.1 Å². The summed E-state index contributed by atoms with van der Waals surface area (Å²) in [5.41, 5.74) is 1.73. The number of aromatic nitrogens is 4. The summed E-state index contributed by atoms with van der Waals surface area (Å²) in [7, 11) is 0. The fraction of sp³-hybridized carbons (Fsp3) is 0.611. The molecule has 2 saturated heterocycles. The number of anilines is 3. The Kier molecular flexibility index (Phi) is 10.0. The monoisotopic (exact) mass is 658 g/mol. The number of rotatable bonds is 8. The Labute approximate surface area is 282 Å². The van der Waals surface area contributed by atoms with Crippen LogP contribution in [0.15, 0.2) is 29.3 Å². The molecule has 3 aliphatic rings. The van der Waals surface area contributed by atoms with Crippen LogP contribution in [0.25, 0.3) is 11.0 Å². The number of nitrogens with one attached hydrogen (secondary N) is 1. The molecule has 258 valence electrons. The van der Waals surface area contributed by atoms with Crippen LogP contribution in [-0.2, 0) is 4.74 Å². The smallest absolute Gasteiger partial charge is 0.410 e. The average molecular weight is 659 g/mol. The van der Waals surface area contributed by atoms with Crippen LogP contribution in [0.3, 0.4) is 0 Å².